The van der Waals surface area contributed by atoms with Crippen molar-refractivity contribution in [2.45, 2.75) is 19.2 Å². The number of hydrogen-bond acceptors (Lipinski definition) is 7. The second-order valence-corrected chi connectivity index (χ2v) is 10.2. The molecule has 37 heavy (non-hydrogen) atoms. The van der Waals surface area contributed by atoms with Crippen molar-refractivity contribution in [3.8, 4) is 5.69 Å². The first-order valence-electron chi connectivity index (χ1n) is 11.8. The zero-order chi connectivity index (χ0) is 25.7. The minimum absolute atomic E-state index is 0.0480. The minimum Gasteiger partial charge on any atom is -0.440 e. The van der Waals surface area contributed by atoms with Gasteiger partial charge >= 0.3 is 6.09 Å². The third-order valence-electron chi connectivity index (χ3n) is 6.98. The van der Waals surface area contributed by atoms with E-state index >= 15 is 0 Å². The molecule has 2 aromatic heterocycles. The summed E-state index contributed by atoms with van der Waals surface area (Å²) < 4.78 is 46.0. The van der Waals surface area contributed by atoms with Crippen LogP contribution in [0.3, 0.4) is 0 Å². The fraction of sp³-hybridized carbons (Fsp3) is 0.417. The van der Waals surface area contributed by atoms with Gasteiger partial charge in [-0.3, -0.25) is 9.47 Å². The lowest BCUT2D eigenvalue weighted by Crippen LogP contribution is -2.73. The summed E-state index contributed by atoms with van der Waals surface area (Å²) in [6.45, 7) is 1.09. The molecule has 0 saturated carbocycles. The van der Waals surface area contributed by atoms with Crippen molar-refractivity contribution in [3.63, 3.8) is 0 Å². The largest absolute Gasteiger partial charge is 0.440 e. The highest BCUT2D eigenvalue weighted by Crippen LogP contribution is 2.44. The Morgan fingerprint density at radius 2 is 1.81 bits per heavy atom. The molecule has 3 aliphatic heterocycles. The summed E-state index contributed by atoms with van der Waals surface area (Å²) in [4.78, 5) is 22.5. The van der Waals surface area contributed by atoms with Crippen LogP contribution in [0.2, 0.25) is 5.02 Å². The molecule has 0 aliphatic carbocycles. The molecule has 2 fully saturated rings. The number of alkyl halides is 2. The predicted molar refractivity (Wildman–Crippen MR) is 129 cm³/mol. The Labute approximate surface area is 215 Å². The zero-order valence-electron chi connectivity index (χ0n) is 19.7. The Morgan fingerprint density at radius 1 is 1.05 bits per heavy atom. The van der Waals surface area contributed by atoms with Crippen molar-refractivity contribution in [2.75, 3.05) is 49.3 Å². The first-order chi connectivity index (χ1) is 17.9. The van der Waals surface area contributed by atoms with Crippen molar-refractivity contribution in [1.29, 1.82) is 0 Å². The van der Waals surface area contributed by atoms with E-state index < -0.39 is 25.5 Å². The van der Waals surface area contributed by atoms with Gasteiger partial charge in [0.05, 0.1) is 25.0 Å². The average molecular weight is 534 g/mol. The average Bonchev–Trinajstić information content (AvgIpc) is 3.16. The van der Waals surface area contributed by atoms with E-state index in [2.05, 4.69) is 25.0 Å². The van der Waals surface area contributed by atoms with Crippen LogP contribution in [0.5, 0.6) is 0 Å². The second kappa shape index (κ2) is 9.09. The van der Waals surface area contributed by atoms with Crippen LogP contribution in [0.4, 0.5) is 29.7 Å². The number of rotatable bonds is 5. The Hall–Kier alpha value is -3.54. The van der Waals surface area contributed by atoms with E-state index in [1.165, 1.54) is 17.2 Å². The number of benzene rings is 1. The Bertz CT molecular complexity index is 1320. The zero-order valence-corrected chi connectivity index (χ0v) is 20.4. The smallest absolute Gasteiger partial charge is 0.410 e. The Kier molecular flexibility index (Phi) is 5.85. The Morgan fingerprint density at radius 3 is 2.51 bits per heavy atom. The van der Waals surface area contributed by atoms with Crippen LogP contribution in [0.1, 0.15) is 11.4 Å². The van der Waals surface area contributed by atoms with E-state index in [9.17, 15) is 18.0 Å². The topological polar surface area (TPSA) is 79.6 Å². The normalized spacial score (nSPS) is 17.7. The van der Waals surface area contributed by atoms with Crippen molar-refractivity contribution in [1.82, 2.24) is 24.6 Å². The third kappa shape index (κ3) is 4.22. The molecule has 2 saturated heterocycles. The van der Waals surface area contributed by atoms with Crippen LogP contribution in [-0.4, -0.2) is 76.4 Å². The maximum atomic E-state index is 13.2. The number of fused-ring (bicyclic) bond motifs is 3. The van der Waals surface area contributed by atoms with Crippen molar-refractivity contribution in [3.05, 3.63) is 58.8 Å². The lowest BCUT2D eigenvalue weighted by molar-refractivity contribution is 0.0354. The van der Waals surface area contributed by atoms with E-state index in [0.717, 1.165) is 43.2 Å². The van der Waals surface area contributed by atoms with Crippen LogP contribution >= 0.6 is 11.6 Å². The van der Waals surface area contributed by atoms with Gasteiger partial charge in [-0.05, 0) is 35.9 Å². The van der Waals surface area contributed by atoms with Crippen LogP contribution in [0, 0.1) is 11.2 Å². The maximum Gasteiger partial charge on any atom is 0.410 e. The Balaban J connectivity index is 1.22. The number of pyridine rings is 1. The number of halogens is 4. The van der Waals surface area contributed by atoms with Crippen LogP contribution < -0.4 is 9.80 Å². The summed E-state index contributed by atoms with van der Waals surface area (Å²) >= 11 is 6.25. The SMILES string of the molecule is O=C(OC(CF)CF)N1Cc2cc(Cl)ccc2-n2c(nnc2N2CC3(CN(c4ccc(F)cn4)C3)C2)C1. The molecule has 0 unspecified atom stereocenters. The molecule has 5 heterocycles. The highest BCUT2D eigenvalue weighted by Gasteiger charge is 2.53. The quantitative estimate of drug-likeness (QED) is 0.496. The number of nitrogens with zero attached hydrogens (tertiary/aromatic N) is 7. The maximum absolute atomic E-state index is 13.2. The molecule has 1 aromatic carbocycles. The highest BCUT2D eigenvalue weighted by atomic mass is 35.5. The molecule has 1 amide bonds. The lowest BCUT2D eigenvalue weighted by Gasteiger charge is -2.60. The van der Waals surface area contributed by atoms with Gasteiger partial charge in [0, 0.05) is 36.6 Å². The van der Waals surface area contributed by atoms with Crippen LogP contribution in [0.25, 0.3) is 5.69 Å². The van der Waals surface area contributed by atoms with Gasteiger partial charge in [-0.15, -0.1) is 10.2 Å². The van der Waals surface area contributed by atoms with Gasteiger partial charge < -0.3 is 14.5 Å². The van der Waals surface area contributed by atoms with E-state index in [1.807, 2.05) is 10.6 Å². The van der Waals surface area contributed by atoms with Gasteiger partial charge in [0.15, 0.2) is 11.9 Å². The van der Waals surface area contributed by atoms with Crippen molar-refractivity contribution < 1.29 is 22.7 Å². The summed E-state index contributed by atoms with van der Waals surface area (Å²) in [5, 5.41) is 9.25. The number of hydrogen-bond donors (Lipinski definition) is 0. The molecule has 6 rings (SSSR count). The molecule has 0 N–H and O–H groups in total. The van der Waals surface area contributed by atoms with Gasteiger partial charge in [-0.1, -0.05) is 11.6 Å². The molecule has 0 radical (unpaired) electrons. The summed E-state index contributed by atoms with van der Waals surface area (Å²) in [6.07, 6.45) is -1.07. The number of carbonyl (C=O) groups is 1. The molecule has 3 aromatic rings. The first kappa shape index (κ1) is 23.8. The van der Waals surface area contributed by atoms with Crippen molar-refractivity contribution >= 4 is 29.5 Å². The third-order valence-corrected chi connectivity index (χ3v) is 7.22. The van der Waals surface area contributed by atoms with E-state index in [0.29, 0.717) is 16.8 Å². The molecule has 0 atom stereocenters. The predicted octanol–water partition coefficient (Wildman–Crippen LogP) is 3.54. The summed E-state index contributed by atoms with van der Waals surface area (Å²) in [7, 11) is 0. The molecule has 194 valence electrons. The van der Waals surface area contributed by atoms with Crippen LogP contribution in [0.15, 0.2) is 36.5 Å². The highest BCUT2D eigenvalue weighted by molar-refractivity contribution is 6.30. The van der Waals surface area contributed by atoms with Crippen molar-refractivity contribution in [2.24, 2.45) is 5.41 Å². The van der Waals surface area contributed by atoms with Gasteiger partial charge in [-0.2, -0.15) is 0 Å². The number of carbonyl (C=O) groups excluding carboxylic acids is 1. The van der Waals surface area contributed by atoms with Gasteiger partial charge in [0.1, 0.15) is 25.0 Å². The minimum atomic E-state index is -1.45. The number of ether oxygens (including phenoxy) is 1. The fourth-order valence-electron chi connectivity index (χ4n) is 5.23. The molecule has 9 nitrogen and oxygen atoms in total. The molecule has 13 heteroatoms. The molecule has 0 bridgehead atoms. The van der Waals surface area contributed by atoms with Crippen LogP contribution in [-0.2, 0) is 17.8 Å². The standard InChI is InChI=1S/C24H23ClF3N7O2/c25-16-1-3-19-15(5-16)9-32(23(36)37-18(6-26)7-27)10-21-30-31-22(35(19)21)34-13-24(14-34)11-33(12-24)20-4-2-17(28)8-29-20/h1-5,8,18H,6-7,9-14H2. The van der Waals surface area contributed by atoms with Gasteiger partial charge in [-0.25, -0.2) is 22.9 Å². The lowest BCUT2D eigenvalue weighted by atomic mass is 9.73. The van der Waals surface area contributed by atoms with E-state index in [4.69, 9.17) is 16.3 Å². The first-order valence-corrected chi connectivity index (χ1v) is 12.2. The molecular weight excluding hydrogens is 511 g/mol. The summed E-state index contributed by atoms with van der Waals surface area (Å²) in [5.41, 5.74) is 1.59. The molecule has 3 aliphatic rings. The monoisotopic (exact) mass is 533 g/mol. The summed E-state index contributed by atoms with van der Waals surface area (Å²) in [6, 6.07) is 8.43. The number of anilines is 2. The van der Waals surface area contributed by atoms with E-state index in [1.54, 1.807) is 18.2 Å². The second-order valence-electron chi connectivity index (χ2n) is 9.74. The van der Waals surface area contributed by atoms with E-state index in [-0.39, 0.29) is 24.3 Å². The molecule has 1 spiro atoms. The van der Waals surface area contributed by atoms with Gasteiger partial charge in [0.2, 0.25) is 5.95 Å². The number of aromatic nitrogens is 4. The fourth-order valence-corrected chi connectivity index (χ4v) is 5.42. The molecular formula is C24H23ClF3N7O2. The summed E-state index contributed by atoms with van der Waals surface area (Å²) in [5.74, 6) is 1.53. The number of amides is 1. The van der Waals surface area contributed by atoms with Gasteiger partial charge in [0.25, 0.3) is 0 Å².